The number of esters is 1. The summed E-state index contributed by atoms with van der Waals surface area (Å²) in [6.45, 7) is 3.62. The number of hydrogen-bond donors (Lipinski definition) is 1. The summed E-state index contributed by atoms with van der Waals surface area (Å²) in [4.78, 5) is 35.0. The quantitative estimate of drug-likeness (QED) is 0.500. The van der Waals surface area contributed by atoms with E-state index in [0.717, 1.165) is 0 Å². The van der Waals surface area contributed by atoms with E-state index in [9.17, 15) is 14.4 Å². The molecule has 0 spiro atoms. The van der Waals surface area contributed by atoms with Gasteiger partial charge in [0.05, 0.1) is 17.7 Å². The molecule has 0 atom stereocenters. The van der Waals surface area contributed by atoms with Crippen LogP contribution in [0.25, 0.3) is 0 Å². The van der Waals surface area contributed by atoms with Gasteiger partial charge in [-0.3, -0.25) is 9.59 Å². The Morgan fingerprint density at radius 2 is 1.79 bits per heavy atom. The fourth-order valence-corrected chi connectivity index (χ4v) is 2.10. The molecule has 0 unspecified atom stereocenters. The minimum Gasteiger partial charge on any atom is -0.462 e. The Labute approximate surface area is 140 Å². The molecule has 1 aromatic heterocycles. The number of nitrogens with one attached hydrogen (secondary N) is 1. The number of ketones is 1. The number of pyridine rings is 1. The van der Waals surface area contributed by atoms with E-state index in [4.69, 9.17) is 4.74 Å². The number of carbonyl (C=O) groups excluding carboxylic acids is 3. The minimum absolute atomic E-state index is 0.0562. The first-order valence-electron chi connectivity index (χ1n) is 7.56. The highest BCUT2D eigenvalue weighted by Gasteiger charge is 2.12. The van der Waals surface area contributed by atoms with E-state index in [1.54, 1.807) is 60.3 Å². The molecular weight excluding hydrogens is 308 g/mol. The number of benzene rings is 1. The van der Waals surface area contributed by atoms with Crippen LogP contribution in [-0.4, -0.2) is 24.3 Å². The molecule has 24 heavy (non-hydrogen) atoms. The number of anilines is 1. The van der Waals surface area contributed by atoms with Gasteiger partial charge in [-0.1, -0.05) is 0 Å². The van der Waals surface area contributed by atoms with Crippen LogP contribution in [0, 0.1) is 0 Å². The summed E-state index contributed by atoms with van der Waals surface area (Å²) in [5.41, 5.74) is 1.55. The fourth-order valence-electron chi connectivity index (χ4n) is 2.10. The van der Waals surface area contributed by atoms with Crippen LogP contribution in [0.15, 0.2) is 48.8 Å². The summed E-state index contributed by atoms with van der Waals surface area (Å²) in [6, 6.07) is 9.89. The van der Waals surface area contributed by atoms with Gasteiger partial charge in [0.2, 0.25) is 6.54 Å². The second-order valence-electron chi connectivity index (χ2n) is 5.17. The number of amides is 1. The molecule has 6 nitrogen and oxygen atoms in total. The molecule has 0 aliphatic heterocycles. The van der Waals surface area contributed by atoms with Crippen LogP contribution in [-0.2, 0) is 16.1 Å². The van der Waals surface area contributed by atoms with Gasteiger partial charge < -0.3 is 10.1 Å². The van der Waals surface area contributed by atoms with Gasteiger partial charge in [-0.25, -0.2) is 4.79 Å². The van der Waals surface area contributed by atoms with Crippen molar-refractivity contribution in [1.29, 1.82) is 0 Å². The largest absolute Gasteiger partial charge is 0.462 e. The van der Waals surface area contributed by atoms with Crippen LogP contribution in [0.4, 0.5) is 5.69 Å². The van der Waals surface area contributed by atoms with E-state index in [-0.39, 0.29) is 18.2 Å². The van der Waals surface area contributed by atoms with Crippen molar-refractivity contribution >= 4 is 23.3 Å². The Hall–Kier alpha value is -3.02. The molecule has 2 aromatic rings. The van der Waals surface area contributed by atoms with Crippen molar-refractivity contribution in [1.82, 2.24) is 0 Å². The molecule has 124 valence electrons. The van der Waals surface area contributed by atoms with Gasteiger partial charge in [-0.15, -0.1) is 0 Å². The summed E-state index contributed by atoms with van der Waals surface area (Å²) in [5.74, 6) is -0.684. The van der Waals surface area contributed by atoms with Crippen LogP contribution >= 0.6 is 0 Å². The summed E-state index contributed by atoms with van der Waals surface area (Å²) in [6.07, 6.45) is 3.35. The average Bonchev–Trinajstić information content (AvgIpc) is 2.55. The lowest BCUT2D eigenvalue weighted by Crippen LogP contribution is -2.40. The van der Waals surface area contributed by atoms with E-state index in [1.165, 1.54) is 6.92 Å². The number of Topliss-reactive ketones (excluding diaryl/α,β-unsaturated/α-hetero) is 1. The SMILES string of the molecule is CCOC(=O)c1ccc(NC(=O)C[n+]2cccc(C(C)=O)c2)cc1. The third-order valence-corrected chi connectivity index (χ3v) is 3.27. The number of hydrogen-bond acceptors (Lipinski definition) is 4. The zero-order valence-electron chi connectivity index (χ0n) is 13.6. The van der Waals surface area contributed by atoms with E-state index < -0.39 is 5.97 Å². The second kappa shape index (κ2) is 8.01. The Kier molecular flexibility index (Phi) is 5.78. The fraction of sp³-hybridized carbons (Fsp3) is 0.222. The highest BCUT2D eigenvalue weighted by atomic mass is 16.5. The molecule has 1 N–H and O–H groups in total. The van der Waals surface area contributed by atoms with Crippen LogP contribution in [0.1, 0.15) is 34.6 Å². The standard InChI is InChI=1S/C18H18N2O4/c1-3-24-18(23)14-6-8-16(9-7-14)19-17(22)12-20-10-4-5-15(11-20)13(2)21/h4-11H,3,12H2,1-2H3/p+1. The predicted molar refractivity (Wildman–Crippen MR) is 87.7 cm³/mol. The predicted octanol–water partition coefficient (Wildman–Crippen LogP) is 1.99. The van der Waals surface area contributed by atoms with E-state index in [2.05, 4.69) is 5.32 Å². The molecule has 0 saturated carbocycles. The molecule has 6 heteroatoms. The topological polar surface area (TPSA) is 76.3 Å². The average molecular weight is 327 g/mol. The third-order valence-electron chi connectivity index (χ3n) is 3.27. The van der Waals surface area contributed by atoms with Crippen molar-refractivity contribution in [2.45, 2.75) is 20.4 Å². The lowest BCUT2D eigenvalue weighted by atomic mass is 10.2. The van der Waals surface area contributed by atoms with Crippen LogP contribution < -0.4 is 9.88 Å². The number of aromatic nitrogens is 1. The molecule has 0 bridgehead atoms. The van der Waals surface area contributed by atoms with Crippen molar-refractivity contribution in [3.05, 3.63) is 59.9 Å². The van der Waals surface area contributed by atoms with Gasteiger partial charge >= 0.3 is 5.97 Å². The maximum atomic E-state index is 12.1. The zero-order valence-corrected chi connectivity index (χ0v) is 13.6. The Balaban J connectivity index is 1.98. The molecule has 1 heterocycles. The molecule has 0 saturated heterocycles. The van der Waals surface area contributed by atoms with E-state index >= 15 is 0 Å². The summed E-state index contributed by atoms with van der Waals surface area (Å²) in [7, 11) is 0. The lowest BCUT2D eigenvalue weighted by Gasteiger charge is -2.05. The number of nitrogens with zero attached hydrogens (tertiary/aromatic N) is 1. The summed E-state index contributed by atoms with van der Waals surface area (Å²) >= 11 is 0. The number of rotatable bonds is 6. The molecule has 0 radical (unpaired) electrons. The smallest absolute Gasteiger partial charge is 0.338 e. The first-order chi connectivity index (χ1) is 11.5. The first-order valence-corrected chi connectivity index (χ1v) is 7.56. The van der Waals surface area contributed by atoms with Crippen LogP contribution in [0.2, 0.25) is 0 Å². The Morgan fingerprint density at radius 3 is 2.42 bits per heavy atom. The Bertz CT molecular complexity index is 754. The molecule has 1 aromatic carbocycles. The highest BCUT2D eigenvalue weighted by molar-refractivity contribution is 5.94. The molecule has 2 rings (SSSR count). The third kappa shape index (κ3) is 4.74. The van der Waals surface area contributed by atoms with Crippen LogP contribution in [0.5, 0.6) is 0 Å². The molecule has 1 amide bonds. The summed E-state index contributed by atoms with van der Waals surface area (Å²) < 4.78 is 6.54. The van der Waals surface area contributed by atoms with Gasteiger partial charge in [0.25, 0.3) is 5.91 Å². The monoisotopic (exact) mass is 327 g/mol. The Morgan fingerprint density at radius 1 is 1.08 bits per heavy atom. The normalized spacial score (nSPS) is 10.1. The molecule has 0 aliphatic carbocycles. The van der Waals surface area contributed by atoms with Crippen LogP contribution in [0.3, 0.4) is 0 Å². The number of carbonyl (C=O) groups is 3. The van der Waals surface area contributed by atoms with Gasteiger partial charge in [0, 0.05) is 11.8 Å². The van der Waals surface area contributed by atoms with Crippen molar-refractivity contribution in [3.63, 3.8) is 0 Å². The molecule has 0 fully saturated rings. The van der Waals surface area contributed by atoms with Gasteiger partial charge in [-0.2, -0.15) is 4.57 Å². The van der Waals surface area contributed by atoms with Crippen molar-refractivity contribution in [3.8, 4) is 0 Å². The van der Waals surface area contributed by atoms with Gasteiger partial charge in [0.15, 0.2) is 18.2 Å². The molecular formula is C18H19N2O4+. The maximum Gasteiger partial charge on any atom is 0.338 e. The molecule has 0 aliphatic rings. The number of ether oxygens (including phenoxy) is 1. The highest BCUT2D eigenvalue weighted by Crippen LogP contribution is 2.10. The summed E-state index contributed by atoms with van der Waals surface area (Å²) in [5, 5.41) is 2.74. The minimum atomic E-state index is -0.396. The van der Waals surface area contributed by atoms with Crippen molar-refractivity contribution < 1.29 is 23.7 Å². The zero-order chi connectivity index (χ0) is 17.5. The van der Waals surface area contributed by atoms with Crippen molar-refractivity contribution in [2.75, 3.05) is 11.9 Å². The van der Waals surface area contributed by atoms with E-state index in [1.807, 2.05) is 0 Å². The lowest BCUT2D eigenvalue weighted by molar-refractivity contribution is -0.684. The van der Waals surface area contributed by atoms with Crippen molar-refractivity contribution in [2.24, 2.45) is 0 Å². The van der Waals surface area contributed by atoms with Gasteiger partial charge in [0.1, 0.15) is 0 Å². The first kappa shape index (κ1) is 17.3. The maximum absolute atomic E-state index is 12.1. The van der Waals surface area contributed by atoms with E-state index in [0.29, 0.717) is 23.4 Å². The van der Waals surface area contributed by atoms with Gasteiger partial charge in [-0.05, 0) is 44.2 Å². The second-order valence-corrected chi connectivity index (χ2v) is 5.17.